The Labute approximate surface area is 124 Å². The first-order valence-electron chi connectivity index (χ1n) is 4.96. The summed E-state index contributed by atoms with van der Waals surface area (Å²) >= 11 is 0. The molecule has 0 bridgehead atoms. The van der Waals surface area contributed by atoms with Crippen LogP contribution in [0.15, 0.2) is 0 Å². The third kappa shape index (κ3) is 2.86. The van der Waals surface area contributed by atoms with E-state index in [2.05, 4.69) is 0 Å². The summed E-state index contributed by atoms with van der Waals surface area (Å²) in [5.74, 6) is -33.7. The molecule has 1 atom stereocenters. The van der Waals surface area contributed by atoms with E-state index in [1.165, 1.54) is 0 Å². The van der Waals surface area contributed by atoms with Crippen molar-refractivity contribution in [2.24, 2.45) is 0 Å². The first-order valence-corrected chi connectivity index (χ1v) is 4.96. The highest BCUT2D eigenvalue weighted by molar-refractivity contribution is 5.19. The van der Waals surface area contributed by atoms with Crippen molar-refractivity contribution in [2.75, 3.05) is 0 Å². The first-order chi connectivity index (χ1) is 10.4. The van der Waals surface area contributed by atoms with E-state index in [-0.39, 0.29) is 0 Å². The molecule has 0 aliphatic heterocycles. The van der Waals surface area contributed by atoms with Gasteiger partial charge in [-0.15, -0.1) is 0 Å². The lowest BCUT2D eigenvalue weighted by atomic mass is 9.86. The molecule has 151 valence electrons. The van der Waals surface area contributed by atoms with Crippen LogP contribution in [0.25, 0.3) is 0 Å². The molecule has 0 aliphatic carbocycles. The monoisotopic (exact) mass is 419 g/mol. The second-order valence-corrected chi connectivity index (χ2v) is 4.21. The normalized spacial score (nSPS) is 18.5. The van der Waals surface area contributed by atoms with Crippen LogP contribution in [-0.2, 0) is 0 Å². The molecule has 0 N–H and O–H groups in total. The maximum absolute atomic E-state index is 12.9. The highest BCUT2D eigenvalue weighted by atomic mass is 19.4. The van der Waals surface area contributed by atoms with Crippen LogP contribution in [0.1, 0.15) is 0 Å². The Morgan fingerprint density at radius 2 is 0.640 bits per heavy atom. The molecular formula is C8F17. The van der Waals surface area contributed by atoms with Gasteiger partial charge in [0.25, 0.3) is 0 Å². The quantitative estimate of drug-likeness (QED) is 0.495. The molecule has 17 heteroatoms. The molecule has 0 saturated heterocycles. The number of hydrogen-bond acceptors (Lipinski definition) is 0. The Morgan fingerprint density at radius 3 is 0.840 bits per heavy atom. The molecule has 0 saturated carbocycles. The minimum Gasteiger partial charge on any atom is -0.219 e. The molecule has 0 heterocycles. The Kier molecular flexibility index (Phi) is 5.38. The fourth-order valence-corrected chi connectivity index (χ4v) is 1.19. The van der Waals surface area contributed by atoms with Crippen LogP contribution in [0, 0.1) is 6.43 Å². The van der Waals surface area contributed by atoms with E-state index < -0.39 is 48.1 Å². The Hall–Kier alpha value is -1.19. The Bertz CT molecular complexity index is 480. The van der Waals surface area contributed by atoms with Gasteiger partial charge >= 0.3 is 48.1 Å². The largest absolute Gasteiger partial charge is 0.460 e. The molecule has 0 amide bonds. The van der Waals surface area contributed by atoms with E-state index in [9.17, 15) is 74.6 Å². The van der Waals surface area contributed by atoms with E-state index in [1.54, 1.807) is 0 Å². The van der Waals surface area contributed by atoms with Crippen LogP contribution >= 0.6 is 0 Å². The molecule has 0 nitrogen and oxygen atoms in total. The predicted octanol–water partition coefficient (Wildman–Crippen LogP) is 5.79. The average Bonchev–Trinajstić information content (AvgIpc) is 2.33. The zero-order chi connectivity index (χ0) is 21.1. The summed E-state index contributed by atoms with van der Waals surface area (Å²) in [6, 6.07) is 0. The molecule has 0 spiro atoms. The maximum Gasteiger partial charge on any atom is 0.460 e. The predicted molar refractivity (Wildman–Crippen MR) is 41.2 cm³/mol. The van der Waals surface area contributed by atoms with Crippen molar-refractivity contribution in [3.05, 3.63) is 6.43 Å². The summed E-state index contributed by atoms with van der Waals surface area (Å²) in [6.45, 7) is 0. The molecule has 0 aliphatic rings. The van der Waals surface area contributed by atoms with Crippen molar-refractivity contribution < 1.29 is 74.6 Å². The van der Waals surface area contributed by atoms with Gasteiger partial charge in [-0.1, -0.05) is 0 Å². The van der Waals surface area contributed by atoms with Gasteiger partial charge in [-0.05, 0) is 0 Å². The van der Waals surface area contributed by atoms with Gasteiger partial charge in [-0.2, -0.15) is 70.2 Å². The summed E-state index contributed by atoms with van der Waals surface area (Å²) in [4.78, 5) is 0. The van der Waals surface area contributed by atoms with E-state index in [4.69, 9.17) is 0 Å². The zero-order valence-electron chi connectivity index (χ0n) is 10.4. The van der Waals surface area contributed by atoms with Crippen LogP contribution < -0.4 is 0 Å². The minimum absolute atomic E-state index is 5.34. The Morgan fingerprint density at radius 1 is 0.360 bits per heavy atom. The SMILES string of the molecule is F[C](F)C(F)(C(F)(F)F)C(F)(F)C(F)(F)C(F)(F)C(F)(F)C(F)(F)F. The average molecular weight is 419 g/mol. The first kappa shape index (κ1) is 23.8. The van der Waals surface area contributed by atoms with Gasteiger partial charge in [0.05, 0.1) is 0 Å². The van der Waals surface area contributed by atoms with Crippen molar-refractivity contribution in [1.82, 2.24) is 0 Å². The molecule has 0 rings (SSSR count). The smallest absolute Gasteiger partial charge is 0.219 e. The fraction of sp³-hybridized carbons (Fsp3) is 0.875. The standard InChI is InChI=1S/C8F17/c9-1(10)2(11,7(20,21)22)3(12,13)4(14,15)5(16,17)6(18,19)8(23,24)25. The summed E-state index contributed by atoms with van der Waals surface area (Å²) in [5, 5.41) is 0. The molecule has 25 heavy (non-hydrogen) atoms. The number of halogens is 17. The molecular weight excluding hydrogens is 419 g/mol. The summed E-state index contributed by atoms with van der Waals surface area (Å²) < 4.78 is 209. The van der Waals surface area contributed by atoms with Gasteiger partial charge in [-0.25, -0.2) is 4.39 Å². The molecule has 1 unspecified atom stereocenters. The van der Waals surface area contributed by atoms with E-state index in [1.807, 2.05) is 0 Å². The number of alkyl halides is 15. The van der Waals surface area contributed by atoms with Gasteiger partial charge in [0, 0.05) is 0 Å². The topological polar surface area (TPSA) is 0 Å². The highest BCUT2D eigenvalue weighted by Gasteiger charge is 2.94. The zero-order valence-corrected chi connectivity index (χ0v) is 10.4. The van der Waals surface area contributed by atoms with Crippen molar-refractivity contribution in [3.63, 3.8) is 0 Å². The highest BCUT2D eigenvalue weighted by Crippen LogP contribution is 2.64. The van der Waals surface area contributed by atoms with Crippen molar-refractivity contribution in [2.45, 2.75) is 41.7 Å². The van der Waals surface area contributed by atoms with Crippen LogP contribution in [0.4, 0.5) is 74.6 Å². The second-order valence-electron chi connectivity index (χ2n) is 4.21. The van der Waals surface area contributed by atoms with Gasteiger partial charge < -0.3 is 0 Å². The minimum atomic E-state index is -8.58. The van der Waals surface area contributed by atoms with E-state index in [0.29, 0.717) is 0 Å². The number of rotatable bonds is 5. The van der Waals surface area contributed by atoms with Gasteiger partial charge in [-0.3, -0.25) is 0 Å². The van der Waals surface area contributed by atoms with Gasteiger partial charge in [0.15, 0.2) is 0 Å². The lowest BCUT2D eigenvalue weighted by Gasteiger charge is -2.42. The van der Waals surface area contributed by atoms with Gasteiger partial charge in [0.1, 0.15) is 0 Å². The van der Waals surface area contributed by atoms with E-state index in [0.717, 1.165) is 0 Å². The van der Waals surface area contributed by atoms with Crippen molar-refractivity contribution in [3.8, 4) is 0 Å². The van der Waals surface area contributed by atoms with Crippen molar-refractivity contribution >= 4 is 0 Å². The number of hydrogen-bond donors (Lipinski definition) is 0. The summed E-state index contributed by atoms with van der Waals surface area (Å²) in [5.41, 5.74) is -7.96. The maximum atomic E-state index is 12.9. The summed E-state index contributed by atoms with van der Waals surface area (Å²) in [7, 11) is 0. The third-order valence-corrected chi connectivity index (χ3v) is 2.62. The van der Waals surface area contributed by atoms with Crippen LogP contribution in [0.2, 0.25) is 0 Å². The molecule has 0 aromatic heterocycles. The molecule has 0 fully saturated rings. The van der Waals surface area contributed by atoms with Crippen molar-refractivity contribution in [1.29, 1.82) is 0 Å². The lowest BCUT2D eigenvalue weighted by molar-refractivity contribution is -0.447. The lowest BCUT2D eigenvalue weighted by Crippen LogP contribution is -2.73. The van der Waals surface area contributed by atoms with Gasteiger partial charge in [0.2, 0.25) is 0 Å². The summed E-state index contributed by atoms with van der Waals surface area (Å²) in [6.07, 6.45) is -20.9. The molecule has 1 radical (unpaired) electrons. The third-order valence-electron chi connectivity index (χ3n) is 2.62. The fourth-order valence-electron chi connectivity index (χ4n) is 1.19. The second kappa shape index (κ2) is 5.65. The Balaban J connectivity index is 6.67. The molecule has 0 aromatic carbocycles. The van der Waals surface area contributed by atoms with Crippen LogP contribution in [0.5, 0.6) is 0 Å². The van der Waals surface area contributed by atoms with E-state index >= 15 is 0 Å². The molecule has 0 aromatic rings. The van der Waals surface area contributed by atoms with Crippen LogP contribution in [0.3, 0.4) is 0 Å². The van der Waals surface area contributed by atoms with Crippen LogP contribution in [-0.4, -0.2) is 41.7 Å².